The average molecular weight is 486 g/mol. The molecule has 1 atom stereocenters. The summed E-state index contributed by atoms with van der Waals surface area (Å²) in [7, 11) is 1.62. The normalized spacial score (nSPS) is 17.9. The first kappa shape index (κ1) is 26.0. The predicted octanol–water partition coefficient (Wildman–Crippen LogP) is 5.73. The van der Waals surface area contributed by atoms with Gasteiger partial charge in [-0.05, 0) is 80.3 Å². The Bertz CT molecular complexity index is 1100. The highest BCUT2D eigenvalue weighted by Crippen LogP contribution is 2.43. The van der Waals surface area contributed by atoms with E-state index in [0.29, 0.717) is 25.1 Å². The fourth-order valence-corrected chi connectivity index (χ4v) is 5.37. The average Bonchev–Trinajstić information content (AvgIpc) is 3.30. The molecule has 7 heteroatoms. The summed E-state index contributed by atoms with van der Waals surface area (Å²) in [6, 6.07) is 5.09. The summed E-state index contributed by atoms with van der Waals surface area (Å²) >= 11 is 1.49. The van der Waals surface area contributed by atoms with Crippen molar-refractivity contribution in [2.45, 2.75) is 66.0 Å². The van der Waals surface area contributed by atoms with Crippen LogP contribution in [-0.2, 0) is 14.3 Å². The fraction of sp³-hybridized carbons (Fsp3) is 0.481. The minimum Gasteiger partial charge on any atom is -0.507 e. The summed E-state index contributed by atoms with van der Waals surface area (Å²) in [5.74, 6) is -0.485. The molecule has 0 radical (unpaired) electrons. The van der Waals surface area contributed by atoms with Gasteiger partial charge in [-0.1, -0.05) is 13.8 Å². The van der Waals surface area contributed by atoms with Crippen LogP contribution in [0.1, 0.15) is 73.2 Å². The molecule has 1 amide bonds. The van der Waals surface area contributed by atoms with Crippen LogP contribution in [0.5, 0.6) is 5.75 Å². The zero-order valence-electron chi connectivity index (χ0n) is 21.1. The number of amides is 1. The van der Waals surface area contributed by atoms with Gasteiger partial charge in [0.15, 0.2) is 0 Å². The molecule has 1 aromatic heterocycles. The summed E-state index contributed by atoms with van der Waals surface area (Å²) in [5, 5.41) is 13.4. The molecule has 184 valence electrons. The van der Waals surface area contributed by atoms with E-state index in [-0.39, 0.29) is 23.4 Å². The zero-order chi connectivity index (χ0) is 25.2. The van der Waals surface area contributed by atoms with Crippen molar-refractivity contribution in [3.05, 3.63) is 56.3 Å². The monoisotopic (exact) mass is 485 g/mol. The van der Waals surface area contributed by atoms with Gasteiger partial charge < -0.3 is 19.5 Å². The van der Waals surface area contributed by atoms with E-state index in [4.69, 9.17) is 9.47 Å². The summed E-state index contributed by atoms with van der Waals surface area (Å²) < 4.78 is 11.2. The van der Waals surface area contributed by atoms with Gasteiger partial charge in [-0.3, -0.25) is 9.59 Å². The highest BCUT2D eigenvalue weighted by molar-refractivity contribution is 7.10. The lowest BCUT2D eigenvalue weighted by atomic mass is 9.92. The van der Waals surface area contributed by atoms with E-state index < -0.39 is 17.7 Å². The molecule has 1 N–H and O–H groups in total. The lowest BCUT2D eigenvalue weighted by Crippen LogP contribution is -2.31. The number of aliphatic hydroxyl groups excluding tert-OH is 1. The third-order valence-corrected chi connectivity index (χ3v) is 7.21. The second kappa shape index (κ2) is 10.7. The van der Waals surface area contributed by atoms with E-state index in [9.17, 15) is 14.7 Å². The number of hydrogen-bond donors (Lipinski definition) is 1. The number of Topliss-reactive ketones (excluding diaryl/α,β-unsaturated/α-hetero) is 1. The van der Waals surface area contributed by atoms with E-state index in [0.717, 1.165) is 27.3 Å². The maximum atomic E-state index is 13.3. The number of thiophene rings is 1. The van der Waals surface area contributed by atoms with Crippen molar-refractivity contribution in [3.63, 3.8) is 0 Å². The number of aryl methyl sites for hydroxylation is 2. The van der Waals surface area contributed by atoms with Crippen LogP contribution < -0.4 is 4.74 Å². The van der Waals surface area contributed by atoms with Gasteiger partial charge in [0.2, 0.25) is 0 Å². The number of nitrogens with zero attached hydrogens (tertiary/aromatic N) is 1. The lowest BCUT2D eigenvalue weighted by molar-refractivity contribution is -0.140. The molecule has 1 aliphatic rings. The largest absolute Gasteiger partial charge is 0.507 e. The van der Waals surface area contributed by atoms with Gasteiger partial charge in [-0.2, -0.15) is 0 Å². The Morgan fingerprint density at radius 2 is 1.85 bits per heavy atom. The van der Waals surface area contributed by atoms with Crippen molar-refractivity contribution in [1.82, 2.24) is 4.90 Å². The number of ether oxygens (including phenoxy) is 2. The number of benzene rings is 1. The topological polar surface area (TPSA) is 76.1 Å². The van der Waals surface area contributed by atoms with Crippen molar-refractivity contribution >= 4 is 28.8 Å². The molecule has 6 nitrogen and oxygen atoms in total. The number of carbonyl (C=O) groups is 2. The van der Waals surface area contributed by atoms with Gasteiger partial charge >= 0.3 is 0 Å². The van der Waals surface area contributed by atoms with Crippen LogP contribution in [0.2, 0.25) is 0 Å². The van der Waals surface area contributed by atoms with Crippen LogP contribution in [-0.4, -0.2) is 48.1 Å². The van der Waals surface area contributed by atoms with Gasteiger partial charge in [0, 0.05) is 23.6 Å². The number of methoxy groups -OCH3 is 1. The second-order valence-electron chi connectivity index (χ2n) is 9.30. The van der Waals surface area contributed by atoms with Crippen LogP contribution in [0.3, 0.4) is 0 Å². The van der Waals surface area contributed by atoms with E-state index in [1.54, 1.807) is 12.0 Å². The molecule has 34 heavy (non-hydrogen) atoms. The Hall–Kier alpha value is -2.64. The van der Waals surface area contributed by atoms with Crippen LogP contribution in [0.15, 0.2) is 29.2 Å². The first-order chi connectivity index (χ1) is 16.1. The molecule has 0 aliphatic carbocycles. The molecule has 2 heterocycles. The van der Waals surface area contributed by atoms with Crippen molar-refractivity contribution < 1.29 is 24.2 Å². The highest BCUT2D eigenvalue weighted by Gasteiger charge is 2.47. The third kappa shape index (κ3) is 5.05. The minimum atomic E-state index is -0.651. The number of likely N-dealkylation sites (tertiary alicyclic amines) is 1. The first-order valence-electron chi connectivity index (χ1n) is 11.7. The summed E-state index contributed by atoms with van der Waals surface area (Å²) in [6.45, 7) is 12.7. The molecule has 0 saturated carbocycles. The fourth-order valence-electron chi connectivity index (χ4n) is 4.33. The first-order valence-corrected chi connectivity index (χ1v) is 12.6. The van der Waals surface area contributed by atoms with E-state index in [2.05, 4.69) is 0 Å². The molecule has 0 spiro atoms. The standard InChI is InChI=1S/C27H35NO5S/c1-15(2)19-14-20(18(6)13-21(19)32-7)24(29)22-23(26-17(5)9-12-34-26)28(27(31)25(22)30)10-8-11-33-16(3)4/h9,12-16,23,29H,8,10-11H2,1-7H3/b24-22+. The molecule has 3 rings (SSSR count). The molecular weight excluding hydrogens is 450 g/mol. The Labute approximate surface area is 206 Å². The third-order valence-electron chi connectivity index (χ3n) is 6.14. The molecule has 2 aromatic rings. The number of rotatable bonds is 9. The number of aliphatic hydroxyl groups is 1. The molecule has 1 aromatic carbocycles. The number of carbonyl (C=O) groups excluding carboxylic acids is 2. The SMILES string of the molecule is COc1cc(C)c(/C(O)=C2\C(=O)C(=O)N(CCCOC(C)C)C2c2sccc2C)cc1C(C)C. The van der Waals surface area contributed by atoms with Crippen LogP contribution >= 0.6 is 11.3 Å². The maximum absolute atomic E-state index is 13.3. The highest BCUT2D eigenvalue weighted by atomic mass is 32.1. The van der Waals surface area contributed by atoms with Gasteiger partial charge in [-0.25, -0.2) is 0 Å². The van der Waals surface area contributed by atoms with Gasteiger partial charge in [0.1, 0.15) is 11.5 Å². The Kier molecular flexibility index (Phi) is 8.21. The summed E-state index contributed by atoms with van der Waals surface area (Å²) in [6.07, 6.45) is 0.699. The van der Waals surface area contributed by atoms with Crippen molar-refractivity contribution in [2.75, 3.05) is 20.3 Å². The molecular formula is C27H35NO5S. The van der Waals surface area contributed by atoms with Crippen molar-refractivity contribution in [2.24, 2.45) is 0 Å². The van der Waals surface area contributed by atoms with Crippen LogP contribution in [0.25, 0.3) is 5.76 Å². The molecule has 0 bridgehead atoms. The number of hydrogen-bond acceptors (Lipinski definition) is 6. The molecule has 1 fully saturated rings. The second-order valence-corrected chi connectivity index (χ2v) is 10.2. The Morgan fingerprint density at radius 1 is 1.15 bits per heavy atom. The number of ketones is 1. The van der Waals surface area contributed by atoms with Crippen LogP contribution in [0.4, 0.5) is 0 Å². The Balaban J connectivity index is 2.13. The van der Waals surface area contributed by atoms with E-state index in [1.807, 2.05) is 65.1 Å². The van der Waals surface area contributed by atoms with E-state index in [1.165, 1.54) is 11.3 Å². The van der Waals surface area contributed by atoms with E-state index >= 15 is 0 Å². The molecule has 1 unspecified atom stereocenters. The summed E-state index contributed by atoms with van der Waals surface area (Å²) in [4.78, 5) is 28.9. The smallest absolute Gasteiger partial charge is 0.295 e. The lowest BCUT2D eigenvalue weighted by Gasteiger charge is -2.25. The predicted molar refractivity (Wildman–Crippen MR) is 136 cm³/mol. The maximum Gasteiger partial charge on any atom is 0.295 e. The molecule has 1 saturated heterocycles. The molecule has 1 aliphatic heterocycles. The van der Waals surface area contributed by atoms with Gasteiger partial charge in [0.25, 0.3) is 11.7 Å². The Morgan fingerprint density at radius 3 is 2.41 bits per heavy atom. The van der Waals surface area contributed by atoms with Gasteiger partial charge in [-0.15, -0.1) is 11.3 Å². The van der Waals surface area contributed by atoms with Gasteiger partial charge in [0.05, 0.1) is 24.8 Å². The summed E-state index contributed by atoms with van der Waals surface area (Å²) in [5.41, 5.74) is 3.38. The zero-order valence-corrected chi connectivity index (χ0v) is 21.9. The minimum absolute atomic E-state index is 0.0963. The van der Waals surface area contributed by atoms with Crippen LogP contribution in [0, 0.1) is 13.8 Å². The van der Waals surface area contributed by atoms with Crippen molar-refractivity contribution in [3.8, 4) is 5.75 Å². The van der Waals surface area contributed by atoms with Crippen molar-refractivity contribution in [1.29, 1.82) is 0 Å². The quantitative estimate of drug-likeness (QED) is 0.212.